The molecule has 1 saturated heterocycles. The van der Waals surface area contributed by atoms with Crippen molar-refractivity contribution in [1.82, 2.24) is 29.9 Å². The summed E-state index contributed by atoms with van der Waals surface area (Å²) < 4.78 is 1.82. The van der Waals surface area contributed by atoms with Crippen molar-refractivity contribution in [3.8, 4) is 22.5 Å². The number of hydrogen-bond donors (Lipinski definition) is 2. The van der Waals surface area contributed by atoms with E-state index in [9.17, 15) is 0 Å². The van der Waals surface area contributed by atoms with Crippen molar-refractivity contribution in [3.63, 3.8) is 0 Å². The molecule has 0 aliphatic carbocycles. The fourth-order valence-electron chi connectivity index (χ4n) is 4.52. The molecule has 30 heavy (non-hydrogen) atoms. The molecule has 0 amide bonds. The zero-order valence-corrected chi connectivity index (χ0v) is 16.9. The lowest BCUT2D eigenvalue weighted by Gasteiger charge is -2.28. The fraction of sp³-hybridized carbons (Fsp3) is 0.261. The van der Waals surface area contributed by atoms with Crippen molar-refractivity contribution in [3.05, 3.63) is 49.1 Å². The second kappa shape index (κ2) is 6.73. The maximum absolute atomic E-state index is 4.63. The number of pyridine rings is 1. The summed E-state index contributed by atoms with van der Waals surface area (Å²) in [6, 6.07) is 8.58. The number of H-pyrrole nitrogens is 2. The molecule has 150 valence electrons. The number of benzene rings is 1. The highest BCUT2D eigenvalue weighted by Gasteiger charge is 2.18. The Morgan fingerprint density at radius 2 is 1.80 bits per heavy atom. The quantitative estimate of drug-likeness (QED) is 0.470. The highest BCUT2D eigenvalue weighted by atomic mass is 15.2. The third-order valence-corrected chi connectivity index (χ3v) is 6.08. The van der Waals surface area contributed by atoms with Crippen LogP contribution in [-0.4, -0.2) is 43.0 Å². The van der Waals surface area contributed by atoms with Crippen molar-refractivity contribution in [2.75, 3.05) is 18.0 Å². The van der Waals surface area contributed by atoms with Crippen LogP contribution in [-0.2, 0) is 7.05 Å². The van der Waals surface area contributed by atoms with E-state index in [1.165, 1.54) is 30.3 Å². The Hall–Kier alpha value is -3.61. The minimum Gasteiger partial charge on any atom is -0.370 e. The van der Waals surface area contributed by atoms with Crippen LogP contribution in [0.15, 0.2) is 49.1 Å². The van der Waals surface area contributed by atoms with Gasteiger partial charge in [0, 0.05) is 42.7 Å². The Morgan fingerprint density at radius 1 is 0.900 bits per heavy atom. The van der Waals surface area contributed by atoms with Gasteiger partial charge in [-0.15, -0.1) is 0 Å². The first-order valence-electron chi connectivity index (χ1n) is 10.5. The molecule has 5 heterocycles. The molecule has 7 nitrogen and oxygen atoms in total. The third kappa shape index (κ3) is 2.77. The molecule has 7 heteroatoms. The zero-order valence-electron chi connectivity index (χ0n) is 16.9. The van der Waals surface area contributed by atoms with E-state index >= 15 is 0 Å². The van der Waals surface area contributed by atoms with Crippen molar-refractivity contribution in [2.45, 2.75) is 19.3 Å². The predicted molar refractivity (Wildman–Crippen MR) is 119 cm³/mol. The number of nitrogens with zero attached hydrogens (tertiary/aromatic N) is 5. The Bertz CT molecular complexity index is 1350. The molecular formula is C23H23N7. The molecule has 1 aliphatic rings. The normalized spacial score (nSPS) is 14.8. The molecule has 1 aromatic carbocycles. The first-order valence-corrected chi connectivity index (χ1v) is 10.5. The second-order valence-corrected chi connectivity index (χ2v) is 8.09. The van der Waals surface area contributed by atoms with E-state index in [-0.39, 0.29) is 0 Å². The molecule has 1 fully saturated rings. The maximum atomic E-state index is 4.63. The molecule has 0 saturated carbocycles. The van der Waals surface area contributed by atoms with E-state index in [0.29, 0.717) is 0 Å². The van der Waals surface area contributed by atoms with Crippen LogP contribution in [0, 0.1) is 0 Å². The van der Waals surface area contributed by atoms with Gasteiger partial charge in [0.1, 0.15) is 5.69 Å². The molecule has 5 aromatic rings. The van der Waals surface area contributed by atoms with Gasteiger partial charge < -0.3 is 9.88 Å². The summed E-state index contributed by atoms with van der Waals surface area (Å²) in [5, 5.41) is 14.4. The fourth-order valence-corrected chi connectivity index (χ4v) is 4.52. The molecule has 0 atom stereocenters. The molecule has 1 aliphatic heterocycles. The summed E-state index contributed by atoms with van der Waals surface area (Å²) in [6.45, 7) is 2.20. The minimum atomic E-state index is 0.927. The number of aromatic amines is 2. The number of fused-ring (bicyclic) bond motifs is 2. The van der Waals surface area contributed by atoms with Crippen LogP contribution in [0.25, 0.3) is 44.3 Å². The maximum Gasteiger partial charge on any atom is 0.116 e. The molecule has 0 unspecified atom stereocenters. The lowest BCUT2D eigenvalue weighted by Crippen LogP contribution is -2.29. The van der Waals surface area contributed by atoms with E-state index in [1.807, 2.05) is 36.5 Å². The average molecular weight is 397 g/mol. The van der Waals surface area contributed by atoms with Gasteiger partial charge in [-0.25, -0.2) is 0 Å². The number of anilines is 1. The second-order valence-electron chi connectivity index (χ2n) is 8.09. The van der Waals surface area contributed by atoms with Gasteiger partial charge in [-0.2, -0.15) is 10.2 Å². The number of aryl methyl sites for hydroxylation is 1. The van der Waals surface area contributed by atoms with Gasteiger partial charge in [0.25, 0.3) is 0 Å². The molecule has 6 rings (SSSR count). The number of nitrogens with one attached hydrogen (secondary N) is 2. The van der Waals surface area contributed by atoms with Crippen molar-refractivity contribution < 1.29 is 0 Å². The van der Waals surface area contributed by atoms with Gasteiger partial charge in [0.2, 0.25) is 0 Å². The lowest BCUT2D eigenvalue weighted by molar-refractivity contribution is 0.578. The van der Waals surface area contributed by atoms with E-state index in [1.54, 1.807) is 0 Å². The van der Waals surface area contributed by atoms with Crippen molar-refractivity contribution >= 4 is 27.5 Å². The zero-order chi connectivity index (χ0) is 20.1. The molecule has 0 bridgehead atoms. The summed E-state index contributed by atoms with van der Waals surface area (Å²) in [7, 11) is 1.93. The van der Waals surface area contributed by atoms with Crippen LogP contribution in [0.1, 0.15) is 19.3 Å². The van der Waals surface area contributed by atoms with Crippen LogP contribution < -0.4 is 4.90 Å². The summed E-state index contributed by atoms with van der Waals surface area (Å²) in [4.78, 5) is 10.5. The third-order valence-electron chi connectivity index (χ3n) is 6.08. The lowest BCUT2D eigenvalue weighted by atomic mass is 10.1. The van der Waals surface area contributed by atoms with Crippen LogP contribution in [0.3, 0.4) is 0 Å². The van der Waals surface area contributed by atoms with Gasteiger partial charge in [0.15, 0.2) is 0 Å². The Morgan fingerprint density at radius 3 is 2.63 bits per heavy atom. The summed E-state index contributed by atoms with van der Waals surface area (Å²) >= 11 is 0. The van der Waals surface area contributed by atoms with Crippen LogP contribution >= 0.6 is 0 Å². The molecule has 4 aromatic heterocycles. The average Bonchev–Trinajstić information content (AvgIpc) is 3.50. The van der Waals surface area contributed by atoms with Crippen molar-refractivity contribution in [1.29, 1.82) is 0 Å². The topological polar surface area (TPSA) is 78.4 Å². The SMILES string of the molecule is Cn1cc(-c2ccc3[nH]nc(-c4cc5c(N6CCCCC6)cncc5[nH]4)c3c2)cn1. The first kappa shape index (κ1) is 17.3. The number of aromatic nitrogens is 6. The predicted octanol–water partition coefficient (Wildman–Crippen LogP) is 4.50. The Balaban J connectivity index is 1.47. The van der Waals surface area contributed by atoms with Gasteiger partial charge >= 0.3 is 0 Å². The standard InChI is InChI=1S/C23H23N7/c1-29-14-16(11-25-29)15-5-6-19-18(9-15)23(28-27-19)20-10-17-21(26-20)12-24-13-22(17)30-7-3-2-4-8-30/h5-6,9-14,26H,2-4,7-8H2,1H3,(H,27,28). The largest absolute Gasteiger partial charge is 0.370 e. The van der Waals surface area contributed by atoms with Gasteiger partial charge in [0.05, 0.1) is 41.0 Å². The summed E-state index contributed by atoms with van der Waals surface area (Å²) in [5.41, 5.74) is 7.44. The van der Waals surface area contributed by atoms with Crippen LogP contribution in [0.2, 0.25) is 0 Å². The number of hydrogen-bond acceptors (Lipinski definition) is 4. The summed E-state index contributed by atoms with van der Waals surface area (Å²) in [5.74, 6) is 0. The molecule has 0 radical (unpaired) electrons. The van der Waals surface area contributed by atoms with E-state index < -0.39 is 0 Å². The molecular weight excluding hydrogens is 374 g/mol. The number of piperidine rings is 1. The highest BCUT2D eigenvalue weighted by Crippen LogP contribution is 2.35. The van der Waals surface area contributed by atoms with Gasteiger partial charge in [-0.3, -0.25) is 14.8 Å². The Labute approximate surface area is 173 Å². The molecule has 2 N–H and O–H groups in total. The summed E-state index contributed by atoms with van der Waals surface area (Å²) in [6.07, 6.45) is 11.6. The molecule has 0 spiro atoms. The van der Waals surface area contributed by atoms with E-state index in [0.717, 1.165) is 52.0 Å². The van der Waals surface area contributed by atoms with E-state index in [2.05, 4.69) is 54.4 Å². The smallest absolute Gasteiger partial charge is 0.116 e. The van der Waals surface area contributed by atoms with Gasteiger partial charge in [-0.05, 0) is 43.0 Å². The van der Waals surface area contributed by atoms with E-state index in [4.69, 9.17) is 0 Å². The van der Waals surface area contributed by atoms with Crippen molar-refractivity contribution in [2.24, 2.45) is 7.05 Å². The van der Waals surface area contributed by atoms with Crippen LogP contribution in [0.5, 0.6) is 0 Å². The number of rotatable bonds is 3. The monoisotopic (exact) mass is 397 g/mol. The minimum absolute atomic E-state index is 0.927. The first-order chi connectivity index (χ1) is 14.8. The Kier molecular flexibility index (Phi) is 3.87. The van der Waals surface area contributed by atoms with Crippen LogP contribution in [0.4, 0.5) is 5.69 Å². The van der Waals surface area contributed by atoms with Gasteiger partial charge in [-0.1, -0.05) is 6.07 Å². The highest BCUT2D eigenvalue weighted by molar-refractivity contribution is 6.00.